The van der Waals surface area contributed by atoms with Crippen molar-refractivity contribution in [1.29, 1.82) is 0 Å². The predicted octanol–water partition coefficient (Wildman–Crippen LogP) is 7.44. The first-order chi connectivity index (χ1) is 16.9. The zero-order chi connectivity index (χ0) is 24.4. The maximum atomic E-state index is 13.4. The van der Waals surface area contributed by atoms with Crippen molar-refractivity contribution >= 4 is 34.1 Å². The van der Waals surface area contributed by atoms with Gasteiger partial charge in [-0.3, -0.25) is 9.59 Å². The van der Waals surface area contributed by atoms with Crippen molar-refractivity contribution < 1.29 is 14.7 Å². The Balaban J connectivity index is 1.48. The number of hydrogen-bond acceptors (Lipinski definition) is 4. The highest BCUT2D eigenvalue weighted by Gasteiger charge is 2.37. The molecule has 6 heteroatoms. The molecule has 0 saturated heterocycles. The minimum absolute atomic E-state index is 0.0513. The van der Waals surface area contributed by atoms with Gasteiger partial charge in [0.25, 0.3) is 0 Å². The average molecular weight is 493 g/mol. The Bertz CT molecular complexity index is 1190. The Kier molecular flexibility index (Phi) is 7.10. The molecule has 1 N–H and O–H groups in total. The van der Waals surface area contributed by atoms with Gasteiger partial charge in [-0.25, -0.2) is 4.98 Å². The van der Waals surface area contributed by atoms with Crippen molar-refractivity contribution in [3.8, 4) is 0 Å². The molecule has 2 saturated carbocycles. The topological polar surface area (TPSA) is 72.2 Å². The molecule has 3 aromatic rings. The molecule has 2 heterocycles. The Morgan fingerprint density at radius 1 is 1.09 bits per heavy atom. The number of thiophene rings is 1. The van der Waals surface area contributed by atoms with Crippen LogP contribution in [0.1, 0.15) is 105 Å². The quantitative estimate of drug-likeness (QED) is 0.332. The number of carboxylic acid groups (broad SMARTS) is 1. The zero-order valence-electron chi connectivity index (χ0n) is 20.7. The molecule has 0 aliphatic heterocycles. The molecule has 2 aromatic heterocycles. The van der Waals surface area contributed by atoms with Crippen LogP contribution >= 0.6 is 11.3 Å². The lowest BCUT2D eigenvalue weighted by Crippen LogP contribution is -2.30. The van der Waals surface area contributed by atoms with Crippen LogP contribution in [0.2, 0.25) is 0 Å². The van der Waals surface area contributed by atoms with Crippen molar-refractivity contribution in [2.45, 2.75) is 90.0 Å². The van der Waals surface area contributed by atoms with Gasteiger partial charge in [-0.05, 0) is 66.7 Å². The summed E-state index contributed by atoms with van der Waals surface area (Å²) in [4.78, 5) is 31.4. The summed E-state index contributed by atoms with van der Waals surface area (Å²) in [6, 6.07) is 10.7. The van der Waals surface area contributed by atoms with E-state index in [1.807, 2.05) is 12.1 Å². The lowest BCUT2D eigenvalue weighted by atomic mass is 9.68. The highest BCUT2D eigenvalue weighted by molar-refractivity contribution is 7.09. The normalized spacial score (nSPS) is 22.3. The van der Waals surface area contributed by atoms with Crippen molar-refractivity contribution in [3.63, 3.8) is 0 Å². The molecule has 5 rings (SSSR count). The number of ketones is 1. The fourth-order valence-corrected chi connectivity index (χ4v) is 7.25. The number of fused-ring (bicyclic) bond motifs is 1. The van der Waals surface area contributed by atoms with Gasteiger partial charge in [0.1, 0.15) is 5.82 Å². The SMILES string of the molecule is C[C@@H]1CCCC[C@H]1n1c(Cc2cccs2)nc2cc(C(=O)CC3(CC(=O)O)CCCCC3)ccc21. The molecule has 186 valence electrons. The number of hydrogen-bond donors (Lipinski definition) is 1. The van der Waals surface area contributed by atoms with Gasteiger partial charge in [-0.15, -0.1) is 11.3 Å². The molecule has 0 unspecified atom stereocenters. The van der Waals surface area contributed by atoms with Crippen LogP contribution in [0, 0.1) is 11.3 Å². The molecule has 0 spiro atoms. The van der Waals surface area contributed by atoms with E-state index >= 15 is 0 Å². The van der Waals surface area contributed by atoms with Crippen LogP contribution in [-0.2, 0) is 11.2 Å². The standard InChI is InChI=1S/C29H36N2O3S/c1-20-8-3-4-10-24(20)31-25-12-11-21(16-23(25)30-27(31)17-22-9-7-15-35-22)26(32)18-29(19-28(33)34)13-5-2-6-14-29/h7,9,11-12,15-16,20,24H,2-6,8,10,13-14,17-19H2,1H3,(H,33,34)/t20-,24-/m1/s1. The number of imidazole rings is 1. The molecule has 0 amide bonds. The second-order valence-electron chi connectivity index (χ2n) is 10.9. The summed E-state index contributed by atoms with van der Waals surface area (Å²) in [6.45, 7) is 2.36. The van der Waals surface area contributed by atoms with Crippen LogP contribution in [0.5, 0.6) is 0 Å². The molecule has 2 atom stereocenters. The van der Waals surface area contributed by atoms with Crippen molar-refractivity contribution in [1.82, 2.24) is 9.55 Å². The van der Waals surface area contributed by atoms with E-state index in [-0.39, 0.29) is 12.2 Å². The van der Waals surface area contributed by atoms with Crippen LogP contribution < -0.4 is 0 Å². The van der Waals surface area contributed by atoms with Crippen molar-refractivity contribution in [2.24, 2.45) is 11.3 Å². The predicted molar refractivity (Wildman–Crippen MR) is 140 cm³/mol. The summed E-state index contributed by atoms with van der Waals surface area (Å²) in [6.07, 6.45) is 11.0. The number of nitrogens with zero attached hydrogens (tertiary/aromatic N) is 2. The number of aromatic nitrogens is 2. The first-order valence-electron chi connectivity index (χ1n) is 13.2. The third kappa shape index (κ3) is 5.23. The number of carbonyl (C=O) groups excluding carboxylic acids is 1. The van der Waals surface area contributed by atoms with E-state index in [1.165, 1.54) is 30.6 Å². The summed E-state index contributed by atoms with van der Waals surface area (Å²) in [7, 11) is 0. The molecular weight excluding hydrogens is 456 g/mol. The number of carboxylic acids is 1. The average Bonchev–Trinajstić information content (AvgIpc) is 3.46. The van der Waals surface area contributed by atoms with E-state index in [4.69, 9.17) is 4.98 Å². The number of benzene rings is 1. The monoisotopic (exact) mass is 492 g/mol. The molecule has 0 bridgehead atoms. The summed E-state index contributed by atoms with van der Waals surface area (Å²) >= 11 is 1.76. The summed E-state index contributed by atoms with van der Waals surface area (Å²) in [5.74, 6) is 0.941. The Morgan fingerprint density at radius 2 is 1.89 bits per heavy atom. The van der Waals surface area contributed by atoms with Crippen LogP contribution in [0.4, 0.5) is 0 Å². The van der Waals surface area contributed by atoms with E-state index < -0.39 is 11.4 Å². The van der Waals surface area contributed by atoms with E-state index in [0.717, 1.165) is 55.4 Å². The number of rotatable bonds is 8. The van der Waals surface area contributed by atoms with E-state index in [0.29, 0.717) is 23.9 Å². The summed E-state index contributed by atoms with van der Waals surface area (Å²) in [5.41, 5.74) is 2.26. The van der Waals surface area contributed by atoms with E-state index in [2.05, 4.69) is 35.1 Å². The van der Waals surface area contributed by atoms with Crippen molar-refractivity contribution in [2.75, 3.05) is 0 Å². The van der Waals surface area contributed by atoms with Gasteiger partial charge in [0.2, 0.25) is 0 Å². The molecule has 1 aromatic carbocycles. The fraction of sp³-hybridized carbons (Fsp3) is 0.552. The maximum absolute atomic E-state index is 13.4. The lowest BCUT2D eigenvalue weighted by Gasteiger charge is -2.35. The zero-order valence-corrected chi connectivity index (χ0v) is 21.5. The van der Waals surface area contributed by atoms with Gasteiger partial charge in [0.15, 0.2) is 5.78 Å². The van der Waals surface area contributed by atoms with Gasteiger partial charge < -0.3 is 9.67 Å². The first kappa shape index (κ1) is 24.2. The van der Waals surface area contributed by atoms with Gasteiger partial charge in [-0.1, -0.05) is 45.1 Å². The second kappa shape index (κ2) is 10.3. The first-order valence-corrected chi connectivity index (χ1v) is 14.1. The minimum Gasteiger partial charge on any atom is -0.481 e. The maximum Gasteiger partial charge on any atom is 0.303 e. The molecule has 5 nitrogen and oxygen atoms in total. The minimum atomic E-state index is -0.797. The highest BCUT2D eigenvalue weighted by atomic mass is 32.1. The van der Waals surface area contributed by atoms with Gasteiger partial charge >= 0.3 is 5.97 Å². The van der Waals surface area contributed by atoms with Crippen LogP contribution in [-0.4, -0.2) is 26.4 Å². The molecule has 2 aliphatic rings. The molecule has 35 heavy (non-hydrogen) atoms. The van der Waals surface area contributed by atoms with Gasteiger partial charge in [-0.2, -0.15) is 0 Å². The number of carbonyl (C=O) groups is 2. The number of aliphatic carboxylic acids is 1. The molecular formula is C29H36N2O3S. The molecule has 0 radical (unpaired) electrons. The molecule has 2 aliphatic carbocycles. The Labute approximate surface area is 211 Å². The van der Waals surface area contributed by atoms with Crippen LogP contribution in [0.15, 0.2) is 35.7 Å². The van der Waals surface area contributed by atoms with Gasteiger partial charge in [0.05, 0.1) is 17.5 Å². The smallest absolute Gasteiger partial charge is 0.303 e. The highest BCUT2D eigenvalue weighted by Crippen LogP contribution is 2.43. The Morgan fingerprint density at radius 3 is 2.60 bits per heavy atom. The largest absolute Gasteiger partial charge is 0.481 e. The van der Waals surface area contributed by atoms with E-state index in [1.54, 1.807) is 11.3 Å². The second-order valence-corrected chi connectivity index (χ2v) is 12.0. The Hall–Kier alpha value is -2.47. The summed E-state index contributed by atoms with van der Waals surface area (Å²) < 4.78 is 2.46. The van der Waals surface area contributed by atoms with Crippen LogP contribution in [0.25, 0.3) is 11.0 Å². The fourth-order valence-electron chi connectivity index (χ4n) is 6.55. The van der Waals surface area contributed by atoms with Crippen molar-refractivity contribution in [3.05, 3.63) is 52.0 Å². The van der Waals surface area contributed by atoms with Gasteiger partial charge in [0, 0.05) is 29.3 Å². The van der Waals surface area contributed by atoms with E-state index in [9.17, 15) is 14.7 Å². The summed E-state index contributed by atoms with van der Waals surface area (Å²) in [5, 5.41) is 11.6. The third-order valence-electron chi connectivity index (χ3n) is 8.37. The number of Topliss-reactive ketones (excluding diaryl/α,β-unsaturated/α-hetero) is 1. The molecule has 2 fully saturated rings. The lowest BCUT2D eigenvalue weighted by molar-refractivity contribution is -0.140. The third-order valence-corrected chi connectivity index (χ3v) is 9.25. The van der Waals surface area contributed by atoms with Crippen LogP contribution in [0.3, 0.4) is 0 Å².